The van der Waals surface area contributed by atoms with E-state index in [1.807, 2.05) is 5.43 Å². The highest BCUT2D eigenvalue weighted by molar-refractivity contribution is 5.92. The van der Waals surface area contributed by atoms with Crippen molar-refractivity contribution in [2.24, 2.45) is 5.84 Å². The van der Waals surface area contributed by atoms with Crippen molar-refractivity contribution in [2.45, 2.75) is 13.8 Å². The third kappa shape index (κ3) is 1.75. The highest BCUT2D eigenvalue weighted by Crippen LogP contribution is 1.87. The minimum Gasteiger partial charge on any atom is -0.290 e. The largest absolute Gasteiger partial charge is 0.290 e. The van der Waals surface area contributed by atoms with E-state index in [4.69, 9.17) is 5.84 Å². The topological polar surface area (TPSA) is 55.1 Å². The first kappa shape index (κ1) is 7.17. The van der Waals surface area contributed by atoms with Crippen LogP contribution in [0.5, 0.6) is 0 Å². The average Bonchev–Trinajstić information content (AvgIpc) is 1.84. The number of hydrazine groups is 1. The summed E-state index contributed by atoms with van der Waals surface area (Å²) in [5, 5.41) is 0. The Hall–Kier alpha value is -0.830. The van der Waals surface area contributed by atoms with Crippen molar-refractivity contribution in [3.05, 3.63) is 11.6 Å². The normalized spacial score (nSPS) is 11.1. The van der Waals surface area contributed by atoms with Crippen LogP contribution in [-0.2, 0) is 4.79 Å². The van der Waals surface area contributed by atoms with Crippen molar-refractivity contribution in [3.63, 3.8) is 0 Å². The number of hydrogen-bond acceptors (Lipinski definition) is 2. The maximum Gasteiger partial charge on any atom is 0.260 e. The monoisotopic (exact) mass is 114 g/mol. The zero-order chi connectivity index (χ0) is 6.57. The fourth-order valence-electron chi connectivity index (χ4n) is 0.245. The van der Waals surface area contributed by atoms with Crippen LogP contribution >= 0.6 is 0 Å². The van der Waals surface area contributed by atoms with Gasteiger partial charge in [-0.25, -0.2) is 5.84 Å². The van der Waals surface area contributed by atoms with Gasteiger partial charge in [-0.2, -0.15) is 0 Å². The maximum absolute atomic E-state index is 10.4. The summed E-state index contributed by atoms with van der Waals surface area (Å²) >= 11 is 0. The van der Waals surface area contributed by atoms with Crippen molar-refractivity contribution in [1.82, 2.24) is 5.43 Å². The first-order valence-electron chi connectivity index (χ1n) is 2.36. The second kappa shape index (κ2) is 3.21. The Balaban J connectivity index is 3.83. The SMILES string of the molecule is C/C=C(/C)C(=O)NN. The van der Waals surface area contributed by atoms with Gasteiger partial charge in [0.1, 0.15) is 0 Å². The molecule has 3 heteroatoms. The van der Waals surface area contributed by atoms with Crippen LogP contribution in [-0.4, -0.2) is 5.91 Å². The molecule has 0 unspecified atom stereocenters. The molecule has 0 heterocycles. The molecule has 0 aromatic carbocycles. The summed E-state index contributed by atoms with van der Waals surface area (Å²) in [4.78, 5) is 10.4. The fourth-order valence-corrected chi connectivity index (χ4v) is 0.245. The molecule has 0 aliphatic carbocycles. The van der Waals surface area contributed by atoms with Crippen LogP contribution in [0.15, 0.2) is 11.6 Å². The van der Waals surface area contributed by atoms with Gasteiger partial charge in [-0.05, 0) is 13.8 Å². The summed E-state index contributed by atoms with van der Waals surface area (Å²) in [6.07, 6.45) is 1.70. The molecule has 3 N–H and O–H groups in total. The Morgan fingerprint density at radius 2 is 2.25 bits per heavy atom. The Kier molecular flexibility index (Phi) is 2.88. The molecule has 8 heavy (non-hydrogen) atoms. The molecule has 0 aromatic heterocycles. The van der Waals surface area contributed by atoms with Crippen LogP contribution in [0, 0.1) is 0 Å². The van der Waals surface area contributed by atoms with Crippen LogP contribution in [0.4, 0.5) is 0 Å². The van der Waals surface area contributed by atoms with Crippen LogP contribution in [0.3, 0.4) is 0 Å². The molecule has 0 fully saturated rings. The summed E-state index contributed by atoms with van der Waals surface area (Å²) in [5.74, 6) is 4.58. The summed E-state index contributed by atoms with van der Waals surface area (Å²) in [6, 6.07) is 0. The van der Waals surface area contributed by atoms with Gasteiger partial charge in [-0.1, -0.05) is 6.08 Å². The Morgan fingerprint density at radius 3 is 2.38 bits per heavy atom. The van der Waals surface area contributed by atoms with Gasteiger partial charge in [0.15, 0.2) is 0 Å². The number of nitrogens with two attached hydrogens (primary N) is 1. The van der Waals surface area contributed by atoms with E-state index in [2.05, 4.69) is 0 Å². The van der Waals surface area contributed by atoms with Crippen molar-refractivity contribution >= 4 is 5.91 Å². The van der Waals surface area contributed by atoms with Crippen LogP contribution in [0.25, 0.3) is 0 Å². The molecule has 0 radical (unpaired) electrons. The van der Waals surface area contributed by atoms with E-state index in [0.29, 0.717) is 5.57 Å². The molecule has 0 aliphatic heterocycles. The van der Waals surface area contributed by atoms with Crippen LogP contribution in [0.1, 0.15) is 13.8 Å². The summed E-state index contributed by atoms with van der Waals surface area (Å²) < 4.78 is 0. The van der Waals surface area contributed by atoms with E-state index >= 15 is 0 Å². The number of carbonyl (C=O) groups excluding carboxylic acids is 1. The van der Waals surface area contributed by atoms with Gasteiger partial charge in [-0.15, -0.1) is 0 Å². The number of nitrogens with one attached hydrogen (secondary N) is 1. The lowest BCUT2D eigenvalue weighted by Crippen LogP contribution is -2.30. The van der Waals surface area contributed by atoms with Crippen molar-refractivity contribution < 1.29 is 4.79 Å². The zero-order valence-corrected chi connectivity index (χ0v) is 5.06. The van der Waals surface area contributed by atoms with Gasteiger partial charge >= 0.3 is 0 Å². The van der Waals surface area contributed by atoms with Crippen LogP contribution in [0.2, 0.25) is 0 Å². The molecule has 0 spiro atoms. The van der Waals surface area contributed by atoms with Crippen LogP contribution < -0.4 is 11.3 Å². The Morgan fingerprint density at radius 1 is 1.75 bits per heavy atom. The van der Waals surface area contributed by atoms with Crippen molar-refractivity contribution in [1.29, 1.82) is 0 Å². The molecule has 0 saturated heterocycles. The number of allylic oxidation sites excluding steroid dienone is 1. The summed E-state index contributed by atoms with van der Waals surface area (Å²) in [7, 11) is 0. The molecular weight excluding hydrogens is 104 g/mol. The van der Waals surface area contributed by atoms with E-state index in [0.717, 1.165) is 0 Å². The minimum atomic E-state index is -0.229. The van der Waals surface area contributed by atoms with Gasteiger partial charge in [0.05, 0.1) is 0 Å². The summed E-state index contributed by atoms with van der Waals surface area (Å²) in [6.45, 7) is 3.48. The predicted octanol–water partition coefficient (Wildman–Crippen LogP) is -0.0575. The average molecular weight is 114 g/mol. The van der Waals surface area contributed by atoms with E-state index < -0.39 is 0 Å². The molecule has 0 bridgehead atoms. The molecule has 0 saturated carbocycles. The molecule has 3 nitrogen and oxygen atoms in total. The Labute approximate surface area is 48.5 Å². The zero-order valence-electron chi connectivity index (χ0n) is 5.06. The van der Waals surface area contributed by atoms with Crippen molar-refractivity contribution in [2.75, 3.05) is 0 Å². The van der Waals surface area contributed by atoms with E-state index in [-0.39, 0.29) is 5.91 Å². The predicted molar refractivity (Wildman–Crippen MR) is 31.8 cm³/mol. The smallest absolute Gasteiger partial charge is 0.260 e. The second-order valence-corrected chi connectivity index (χ2v) is 1.45. The quantitative estimate of drug-likeness (QED) is 0.217. The molecule has 1 amide bonds. The number of rotatable bonds is 1. The van der Waals surface area contributed by atoms with Gasteiger partial charge < -0.3 is 0 Å². The Bertz CT molecular complexity index is 118. The number of carbonyl (C=O) groups is 1. The highest BCUT2D eigenvalue weighted by atomic mass is 16.2. The molecule has 0 aliphatic rings. The third-order valence-electron chi connectivity index (χ3n) is 0.922. The third-order valence-corrected chi connectivity index (χ3v) is 0.922. The fraction of sp³-hybridized carbons (Fsp3) is 0.400. The van der Waals surface area contributed by atoms with E-state index in [9.17, 15) is 4.79 Å². The van der Waals surface area contributed by atoms with Gasteiger partial charge in [0, 0.05) is 5.57 Å². The number of amides is 1. The van der Waals surface area contributed by atoms with Crippen molar-refractivity contribution in [3.8, 4) is 0 Å². The van der Waals surface area contributed by atoms with Gasteiger partial charge in [-0.3, -0.25) is 10.2 Å². The minimum absolute atomic E-state index is 0.229. The first-order chi connectivity index (χ1) is 3.72. The maximum atomic E-state index is 10.4. The molecule has 0 atom stereocenters. The highest BCUT2D eigenvalue weighted by Gasteiger charge is 1.95. The summed E-state index contributed by atoms with van der Waals surface area (Å²) in [5.41, 5.74) is 2.64. The lowest BCUT2D eigenvalue weighted by atomic mass is 10.3. The molecule has 0 aromatic rings. The number of hydrogen-bond donors (Lipinski definition) is 2. The standard InChI is InChI=1S/C5H10N2O/c1-3-4(2)5(8)7-6/h3H,6H2,1-2H3,(H,7,8)/b4-3-. The molecule has 0 rings (SSSR count). The van der Waals surface area contributed by atoms with Gasteiger partial charge in [0.2, 0.25) is 0 Å². The van der Waals surface area contributed by atoms with E-state index in [1.165, 1.54) is 0 Å². The second-order valence-electron chi connectivity index (χ2n) is 1.45. The van der Waals surface area contributed by atoms with E-state index in [1.54, 1.807) is 19.9 Å². The lowest BCUT2D eigenvalue weighted by Gasteiger charge is -1.94. The lowest BCUT2D eigenvalue weighted by molar-refractivity contribution is -0.117. The molecule has 46 valence electrons. The molecular formula is C5H10N2O. The first-order valence-corrected chi connectivity index (χ1v) is 2.36. The van der Waals surface area contributed by atoms with Gasteiger partial charge in [0.25, 0.3) is 5.91 Å².